The minimum atomic E-state index is -3.38. The molecule has 0 fully saturated rings. The second kappa shape index (κ2) is 8.21. The van der Waals surface area contributed by atoms with Gasteiger partial charge in [-0.15, -0.1) is 0 Å². The predicted molar refractivity (Wildman–Crippen MR) is 83.2 cm³/mol. The highest BCUT2D eigenvalue weighted by atomic mass is 79.9. The normalized spacial score (nSPS) is 14.4. The van der Waals surface area contributed by atoms with Gasteiger partial charge in [-0.25, -0.2) is 10.2 Å². The third-order valence-electron chi connectivity index (χ3n) is 2.44. The largest absolute Gasteiger partial charge is 0.341 e. The molecular weight excluding hydrogens is 369 g/mol. The second-order valence-corrected chi connectivity index (χ2v) is 7.87. The van der Waals surface area contributed by atoms with Crippen molar-refractivity contribution in [2.45, 2.75) is 20.0 Å². The average Bonchev–Trinajstić information content (AvgIpc) is 2.85. The van der Waals surface area contributed by atoms with Gasteiger partial charge < -0.3 is 4.52 Å². The molecule has 1 rings (SSSR count). The summed E-state index contributed by atoms with van der Waals surface area (Å²) in [6.45, 7) is 3.06. The molecular formula is C10H17BrN3O4PS. The highest BCUT2D eigenvalue weighted by molar-refractivity contribution is 9.09. The van der Waals surface area contributed by atoms with E-state index in [1.54, 1.807) is 10.7 Å². The number of hydrogen-bond acceptors (Lipinski definition) is 5. The van der Waals surface area contributed by atoms with Crippen molar-refractivity contribution < 1.29 is 14.0 Å². The Kier molecular flexibility index (Phi) is 7.28. The van der Waals surface area contributed by atoms with Crippen LogP contribution < -0.4 is 5.50 Å². The lowest BCUT2D eigenvalue weighted by Crippen LogP contribution is -2.28. The maximum atomic E-state index is 12.3. The Morgan fingerprint density at radius 3 is 2.75 bits per heavy atom. The minimum Gasteiger partial charge on any atom is -0.300 e. The van der Waals surface area contributed by atoms with Gasteiger partial charge in [-0.1, -0.05) is 34.2 Å². The number of nitrogens with two attached hydrogens (primary N) is 1. The molecule has 2 N–H and O–H groups in total. The second-order valence-electron chi connectivity index (χ2n) is 3.98. The maximum Gasteiger partial charge on any atom is 0.341 e. The molecule has 0 saturated carbocycles. The Balaban J connectivity index is 2.64. The Hall–Kier alpha value is -0.310. The smallest absolute Gasteiger partial charge is 0.300 e. The average molecular weight is 386 g/mol. The first-order valence-electron chi connectivity index (χ1n) is 5.98. The quantitative estimate of drug-likeness (QED) is 0.303. The van der Waals surface area contributed by atoms with Crippen LogP contribution in [-0.2, 0) is 15.7 Å². The van der Waals surface area contributed by atoms with Crippen LogP contribution in [0.2, 0.25) is 0 Å². The molecule has 0 spiro atoms. The number of nitrogens with zero attached hydrogens (tertiary/aromatic N) is 2. The third-order valence-corrected chi connectivity index (χ3v) is 5.49. The summed E-state index contributed by atoms with van der Waals surface area (Å²) < 4.78 is 19.2. The number of rotatable bonds is 9. The van der Waals surface area contributed by atoms with E-state index in [1.165, 1.54) is 6.07 Å². The highest BCUT2D eigenvalue weighted by Crippen LogP contribution is 2.44. The van der Waals surface area contributed by atoms with E-state index in [9.17, 15) is 14.7 Å². The van der Waals surface area contributed by atoms with E-state index in [1.807, 2.05) is 6.92 Å². The SMILES string of the molecule is CCCN(CCBr)P(N)(=O)OCc1ccc([N+](=O)[O-])s1. The van der Waals surface area contributed by atoms with Crippen molar-refractivity contribution in [3.8, 4) is 0 Å². The maximum absolute atomic E-state index is 12.3. The van der Waals surface area contributed by atoms with Crippen molar-refractivity contribution in [3.05, 3.63) is 27.1 Å². The van der Waals surface area contributed by atoms with E-state index >= 15 is 0 Å². The van der Waals surface area contributed by atoms with E-state index in [4.69, 9.17) is 10.0 Å². The van der Waals surface area contributed by atoms with Crippen LogP contribution in [0.3, 0.4) is 0 Å². The summed E-state index contributed by atoms with van der Waals surface area (Å²) in [6, 6.07) is 2.98. The van der Waals surface area contributed by atoms with Gasteiger partial charge in [0, 0.05) is 29.4 Å². The zero-order valence-corrected chi connectivity index (χ0v) is 14.3. The van der Waals surface area contributed by atoms with E-state index in [0.717, 1.165) is 17.8 Å². The van der Waals surface area contributed by atoms with E-state index in [2.05, 4.69) is 15.9 Å². The summed E-state index contributed by atoms with van der Waals surface area (Å²) in [5, 5.41) is 11.2. The van der Waals surface area contributed by atoms with Crippen LogP contribution >= 0.6 is 34.9 Å². The Labute approximate surface area is 129 Å². The first kappa shape index (κ1) is 17.7. The van der Waals surface area contributed by atoms with Crippen molar-refractivity contribution in [1.82, 2.24) is 4.67 Å². The van der Waals surface area contributed by atoms with Gasteiger partial charge >= 0.3 is 12.7 Å². The number of hydrogen-bond donors (Lipinski definition) is 1. The van der Waals surface area contributed by atoms with E-state index < -0.39 is 12.6 Å². The van der Waals surface area contributed by atoms with Gasteiger partial charge in [0.25, 0.3) is 0 Å². The number of thiophene rings is 1. The summed E-state index contributed by atoms with van der Waals surface area (Å²) in [4.78, 5) is 10.7. The monoisotopic (exact) mass is 385 g/mol. The molecule has 0 aromatic carbocycles. The molecule has 1 aromatic heterocycles. The number of alkyl halides is 1. The van der Waals surface area contributed by atoms with Gasteiger partial charge in [-0.3, -0.25) is 14.7 Å². The van der Waals surface area contributed by atoms with E-state index in [0.29, 0.717) is 23.3 Å². The molecule has 20 heavy (non-hydrogen) atoms. The molecule has 0 aliphatic carbocycles. The van der Waals surface area contributed by atoms with Gasteiger partial charge in [0.1, 0.15) is 0 Å². The molecule has 1 heterocycles. The lowest BCUT2D eigenvalue weighted by molar-refractivity contribution is -0.380. The summed E-state index contributed by atoms with van der Waals surface area (Å²) in [5.74, 6) is 0. The molecule has 1 atom stereocenters. The van der Waals surface area contributed by atoms with Crippen LogP contribution in [0.25, 0.3) is 0 Å². The summed E-state index contributed by atoms with van der Waals surface area (Å²) >= 11 is 4.27. The lowest BCUT2D eigenvalue weighted by Gasteiger charge is -2.26. The Bertz CT molecular complexity index is 493. The molecule has 0 aliphatic heterocycles. The third kappa shape index (κ3) is 5.23. The zero-order valence-electron chi connectivity index (χ0n) is 11.0. The van der Waals surface area contributed by atoms with Crippen molar-refractivity contribution in [2.75, 3.05) is 18.4 Å². The van der Waals surface area contributed by atoms with E-state index in [-0.39, 0.29) is 11.6 Å². The molecule has 114 valence electrons. The minimum absolute atomic E-state index is 0.00871. The van der Waals surface area contributed by atoms with Gasteiger partial charge in [0.15, 0.2) is 0 Å². The molecule has 10 heteroatoms. The Morgan fingerprint density at radius 2 is 2.25 bits per heavy atom. The van der Waals surface area contributed by atoms with Gasteiger partial charge in [0.05, 0.1) is 11.5 Å². The molecule has 0 saturated heterocycles. The fourth-order valence-corrected chi connectivity index (χ4v) is 4.39. The molecule has 0 amide bonds. The number of halogens is 1. The van der Waals surface area contributed by atoms with Crippen molar-refractivity contribution in [1.29, 1.82) is 0 Å². The number of nitro groups is 1. The highest BCUT2D eigenvalue weighted by Gasteiger charge is 2.26. The van der Waals surface area contributed by atoms with Crippen LogP contribution in [0.1, 0.15) is 18.2 Å². The molecule has 0 radical (unpaired) electrons. The molecule has 0 bridgehead atoms. The van der Waals surface area contributed by atoms with Crippen LogP contribution in [0.5, 0.6) is 0 Å². The summed E-state index contributed by atoms with van der Waals surface area (Å²) in [7, 11) is -3.38. The Morgan fingerprint density at radius 1 is 1.55 bits per heavy atom. The summed E-state index contributed by atoms with van der Waals surface area (Å²) in [5.41, 5.74) is 5.76. The zero-order chi connectivity index (χ0) is 15.2. The fourth-order valence-electron chi connectivity index (χ4n) is 1.53. The fraction of sp³-hybridized carbons (Fsp3) is 0.600. The molecule has 7 nitrogen and oxygen atoms in total. The van der Waals surface area contributed by atoms with Gasteiger partial charge in [0.2, 0.25) is 0 Å². The van der Waals surface area contributed by atoms with Crippen LogP contribution in [0, 0.1) is 10.1 Å². The van der Waals surface area contributed by atoms with Crippen molar-refractivity contribution in [2.24, 2.45) is 5.50 Å². The predicted octanol–water partition coefficient (Wildman–Crippen LogP) is 3.35. The summed E-state index contributed by atoms with van der Waals surface area (Å²) in [6.07, 6.45) is 0.808. The molecule has 0 aliphatic rings. The van der Waals surface area contributed by atoms with Crippen LogP contribution in [-0.4, -0.2) is 28.0 Å². The van der Waals surface area contributed by atoms with Crippen molar-refractivity contribution >= 4 is 39.9 Å². The first-order chi connectivity index (χ1) is 9.40. The molecule has 1 aromatic rings. The van der Waals surface area contributed by atoms with Crippen LogP contribution in [0.15, 0.2) is 12.1 Å². The lowest BCUT2D eigenvalue weighted by atomic mass is 10.5. The first-order valence-corrected chi connectivity index (χ1v) is 9.56. The van der Waals surface area contributed by atoms with Crippen molar-refractivity contribution in [3.63, 3.8) is 0 Å². The topological polar surface area (TPSA) is 98.7 Å². The van der Waals surface area contributed by atoms with Gasteiger partial charge in [-0.2, -0.15) is 0 Å². The standard InChI is InChI=1S/C10H17BrN3O4PS/c1-2-6-13(7-5-11)19(12,17)18-8-9-3-4-10(20-9)14(15)16/h3-4H,2,5-8H2,1H3,(H2,12,17). The van der Waals surface area contributed by atoms with Gasteiger partial charge in [-0.05, 0) is 12.5 Å². The van der Waals surface area contributed by atoms with Crippen LogP contribution in [0.4, 0.5) is 5.00 Å². The molecule has 1 unspecified atom stereocenters.